The van der Waals surface area contributed by atoms with Gasteiger partial charge in [0.25, 0.3) is 0 Å². The summed E-state index contributed by atoms with van der Waals surface area (Å²) in [5.74, 6) is 0. The molecule has 0 atom stereocenters. The summed E-state index contributed by atoms with van der Waals surface area (Å²) in [5.41, 5.74) is 1.94. The van der Waals surface area contributed by atoms with E-state index in [0.29, 0.717) is 33.3 Å². The average molecular weight is 559 g/mol. The standard InChI is InChI=1S/C28H17F3N6O2S/c29-28(30,31)18-5-7-19(8-6-18)33-34-20-9-11-21(12-10-20)35-36-26-15-14-25(23-3-1-2-4-24(23)26)32-17-22-13-16-27(40-22)37(38)39/h1-17H. The van der Waals surface area contributed by atoms with Gasteiger partial charge in [0.15, 0.2) is 0 Å². The van der Waals surface area contributed by atoms with Crippen molar-refractivity contribution in [1.82, 2.24) is 0 Å². The van der Waals surface area contributed by atoms with Crippen molar-refractivity contribution >= 4 is 61.8 Å². The zero-order valence-electron chi connectivity index (χ0n) is 20.4. The summed E-state index contributed by atoms with van der Waals surface area (Å²) >= 11 is 1.05. The molecule has 0 unspecified atom stereocenters. The Hall–Kier alpha value is -5.10. The molecule has 1 heterocycles. The summed E-state index contributed by atoms with van der Waals surface area (Å²) in [6, 6.07) is 25.5. The van der Waals surface area contributed by atoms with Gasteiger partial charge in [-0.25, -0.2) is 0 Å². The number of hydrogen-bond donors (Lipinski definition) is 0. The first-order chi connectivity index (χ1) is 19.3. The van der Waals surface area contributed by atoms with Crippen LogP contribution < -0.4 is 0 Å². The molecule has 0 N–H and O–H groups in total. The third-order valence-electron chi connectivity index (χ3n) is 5.60. The van der Waals surface area contributed by atoms with E-state index in [9.17, 15) is 23.3 Å². The summed E-state index contributed by atoms with van der Waals surface area (Å²) in [6.07, 6.45) is -2.81. The molecule has 12 heteroatoms. The Kier molecular flexibility index (Phi) is 7.51. The van der Waals surface area contributed by atoms with E-state index in [1.807, 2.05) is 24.3 Å². The van der Waals surface area contributed by atoms with Gasteiger partial charge in [-0.1, -0.05) is 35.6 Å². The maximum absolute atomic E-state index is 12.7. The highest BCUT2D eigenvalue weighted by Gasteiger charge is 2.29. The Morgan fingerprint density at radius 3 is 1.75 bits per heavy atom. The molecular formula is C28H17F3N6O2S. The molecule has 5 aromatic rings. The zero-order chi connectivity index (χ0) is 28.1. The van der Waals surface area contributed by atoms with Crippen LogP contribution in [-0.4, -0.2) is 11.1 Å². The van der Waals surface area contributed by atoms with E-state index >= 15 is 0 Å². The lowest BCUT2D eigenvalue weighted by molar-refractivity contribution is -0.380. The molecule has 198 valence electrons. The Morgan fingerprint density at radius 1 is 0.675 bits per heavy atom. The van der Waals surface area contributed by atoms with E-state index in [0.717, 1.165) is 34.2 Å². The number of benzene rings is 4. The minimum absolute atomic E-state index is 0.0531. The predicted molar refractivity (Wildman–Crippen MR) is 148 cm³/mol. The van der Waals surface area contributed by atoms with Crippen LogP contribution in [-0.2, 0) is 6.18 Å². The van der Waals surface area contributed by atoms with Gasteiger partial charge in [-0.15, -0.1) is 5.11 Å². The van der Waals surface area contributed by atoms with Gasteiger partial charge >= 0.3 is 11.2 Å². The van der Waals surface area contributed by atoms with Crippen LogP contribution in [0.2, 0.25) is 0 Å². The molecule has 0 fully saturated rings. The van der Waals surface area contributed by atoms with Gasteiger partial charge in [-0.05, 0) is 66.7 Å². The molecule has 1 aromatic heterocycles. The molecule has 0 saturated carbocycles. The van der Waals surface area contributed by atoms with E-state index in [4.69, 9.17) is 0 Å². The number of thiophene rings is 1. The van der Waals surface area contributed by atoms with Gasteiger partial charge < -0.3 is 0 Å². The molecule has 0 bridgehead atoms. The predicted octanol–water partition coefficient (Wildman–Crippen LogP) is 10.4. The summed E-state index contributed by atoms with van der Waals surface area (Å²) in [4.78, 5) is 15.7. The van der Waals surface area contributed by atoms with Crippen molar-refractivity contribution in [1.29, 1.82) is 0 Å². The minimum atomic E-state index is -4.40. The molecule has 0 radical (unpaired) electrons. The molecule has 0 aliphatic rings. The third-order valence-corrected chi connectivity index (χ3v) is 6.57. The number of alkyl halides is 3. The monoisotopic (exact) mass is 558 g/mol. The number of nitrogens with zero attached hydrogens (tertiary/aromatic N) is 6. The lowest BCUT2D eigenvalue weighted by atomic mass is 10.1. The second-order valence-corrected chi connectivity index (χ2v) is 9.40. The van der Waals surface area contributed by atoms with Crippen LogP contribution in [0.3, 0.4) is 0 Å². The van der Waals surface area contributed by atoms with Crippen molar-refractivity contribution in [3.8, 4) is 0 Å². The van der Waals surface area contributed by atoms with Crippen LogP contribution in [0.5, 0.6) is 0 Å². The Balaban J connectivity index is 1.30. The fraction of sp³-hybridized carbons (Fsp3) is 0.0357. The average Bonchev–Trinajstić information content (AvgIpc) is 3.44. The van der Waals surface area contributed by atoms with Crippen LogP contribution in [0, 0.1) is 10.1 Å². The highest BCUT2D eigenvalue weighted by Crippen LogP contribution is 2.35. The fourth-order valence-electron chi connectivity index (χ4n) is 3.64. The molecule has 4 aromatic carbocycles. The van der Waals surface area contributed by atoms with Crippen molar-refractivity contribution < 1.29 is 18.1 Å². The lowest BCUT2D eigenvalue weighted by Crippen LogP contribution is -2.03. The number of hydrogen-bond acceptors (Lipinski definition) is 8. The molecule has 0 aliphatic carbocycles. The molecule has 0 spiro atoms. The highest BCUT2D eigenvalue weighted by atomic mass is 32.1. The molecule has 40 heavy (non-hydrogen) atoms. The molecule has 0 saturated heterocycles. The van der Waals surface area contributed by atoms with Crippen LogP contribution in [0.15, 0.2) is 123 Å². The molecule has 5 rings (SSSR count). The zero-order valence-corrected chi connectivity index (χ0v) is 21.2. The van der Waals surface area contributed by atoms with Gasteiger partial charge in [-0.3, -0.25) is 15.1 Å². The molecule has 8 nitrogen and oxygen atoms in total. The smallest absolute Gasteiger partial charge is 0.258 e. The second kappa shape index (κ2) is 11.3. The largest absolute Gasteiger partial charge is 0.416 e. The second-order valence-electron chi connectivity index (χ2n) is 8.30. The van der Waals surface area contributed by atoms with Gasteiger partial charge in [0.2, 0.25) is 0 Å². The number of halogens is 3. The van der Waals surface area contributed by atoms with E-state index in [-0.39, 0.29) is 5.00 Å². The van der Waals surface area contributed by atoms with E-state index in [1.165, 1.54) is 18.2 Å². The van der Waals surface area contributed by atoms with Crippen LogP contribution in [0.1, 0.15) is 10.4 Å². The number of aliphatic imine (C=N–C) groups is 1. The summed E-state index contributed by atoms with van der Waals surface area (Å²) < 4.78 is 38.1. The van der Waals surface area contributed by atoms with Crippen LogP contribution >= 0.6 is 11.3 Å². The highest BCUT2D eigenvalue weighted by molar-refractivity contribution is 7.16. The van der Waals surface area contributed by atoms with E-state index in [2.05, 4.69) is 25.4 Å². The first kappa shape index (κ1) is 26.5. The van der Waals surface area contributed by atoms with Crippen molar-refractivity contribution in [3.63, 3.8) is 0 Å². The SMILES string of the molecule is O=[N+]([O-])c1ccc(C=Nc2ccc(N=Nc3ccc(N=Nc4ccc(C(F)(F)F)cc4)cc3)c3ccccc23)s1. The fourth-order valence-corrected chi connectivity index (χ4v) is 4.33. The van der Waals surface area contributed by atoms with Crippen molar-refractivity contribution in [2.24, 2.45) is 25.4 Å². The van der Waals surface area contributed by atoms with Crippen molar-refractivity contribution in [3.05, 3.63) is 118 Å². The first-order valence-corrected chi connectivity index (χ1v) is 12.5. The Labute approximate surface area is 229 Å². The summed E-state index contributed by atoms with van der Waals surface area (Å²) in [5, 5.41) is 29.4. The molecule has 0 amide bonds. The summed E-state index contributed by atoms with van der Waals surface area (Å²) in [7, 11) is 0. The molecule has 0 aliphatic heterocycles. The normalized spacial score (nSPS) is 12.3. The molecular weight excluding hydrogens is 541 g/mol. The van der Waals surface area contributed by atoms with Gasteiger partial charge in [0, 0.05) is 23.1 Å². The van der Waals surface area contributed by atoms with Gasteiger partial charge in [-0.2, -0.15) is 28.5 Å². The van der Waals surface area contributed by atoms with Gasteiger partial charge in [0.05, 0.1) is 43.8 Å². The van der Waals surface area contributed by atoms with Crippen molar-refractivity contribution in [2.75, 3.05) is 0 Å². The van der Waals surface area contributed by atoms with Crippen molar-refractivity contribution in [2.45, 2.75) is 6.18 Å². The lowest BCUT2D eigenvalue weighted by Gasteiger charge is -2.05. The quantitative estimate of drug-likeness (QED) is 0.0858. The number of azo groups is 2. The third kappa shape index (κ3) is 6.30. The topological polar surface area (TPSA) is 105 Å². The van der Waals surface area contributed by atoms with Crippen LogP contribution in [0.25, 0.3) is 10.8 Å². The number of nitro groups is 1. The number of rotatable bonds is 7. The minimum Gasteiger partial charge on any atom is -0.258 e. The summed E-state index contributed by atoms with van der Waals surface area (Å²) in [6.45, 7) is 0. The Bertz CT molecular complexity index is 1760. The van der Waals surface area contributed by atoms with Crippen LogP contribution in [0.4, 0.5) is 46.6 Å². The van der Waals surface area contributed by atoms with E-state index < -0.39 is 16.7 Å². The Morgan fingerprint density at radius 2 is 1.20 bits per heavy atom. The number of fused-ring (bicyclic) bond motifs is 1. The maximum Gasteiger partial charge on any atom is 0.416 e. The maximum atomic E-state index is 12.7. The van der Waals surface area contributed by atoms with Gasteiger partial charge in [0.1, 0.15) is 0 Å². The van der Waals surface area contributed by atoms with E-state index in [1.54, 1.807) is 48.7 Å². The first-order valence-electron chi connectivity index (χ1n) is 11.7.